The second-order valence-electron chi connectivity index (χ2n) is 7.49. The molecule has 0 aliphatic carbocycles. The first-order valence-corrected chi connectivity index (χ1v) is 11.6. The average molecular weight is 434 g/mol. The smallest absolute Gasteiger partial charge is 0.243 e. The van der Waals surface area contributed by atoms with Crippen molar-refractivity contribution >= 4 is 38.7 Å². The van der Waals surface area contributed by atoms with Crippen molar-refractivity contribution in [3.8, 4) is 0 Å². The Balaban J connectivity index is 1.63. The fraction of sp³-hybridized carbons (Fsp3) is 0.381. The van der Waals surface area contributed by atoms with Crippen molar-refractivity contribution in [1.82, 2.24) is 4.31 Å². The molecule has 2 aromatic rings. The molecule has 0 amide bonds. The van der Waals surface area contributed by atoms with E-state index in [1.165, 1.54) is 0 Å². The Kier molecular flexibility index (Phi) is 6.89. The molecule has 1 fully saturated rings. The fourth-order valence-electron chi connectivity index (χ4n) is 3.25. The first-order valence-electron chi connectivity index (χ1n) is 9.72. The Labute approximate surface area is 178 Å². The van der Waals surface area contributed by atoms with Gasteiger partial charge in [0, 0.05) is 24.5 Å². The summed E-state index contributed by atoms with van der Waals surface area (Å²) in [6.45, 7) is 5.00. The van der Waals surface area contributed by atoms with Crippen LogP contribution in [0.15, 0.2) is 53.4 Å². The van der Waals surface area contributed by atoms with E-state index >= 15 is 0 Å². The number of benzene rings is 2. The number of thiocarbonyl (C=S) groups is 1. The minimum atomic E-state index is -3.46. The molecule has 1 aliphatic heterocycles. The molecule has 3 N–H and O–H groups in total. The quantitative estimate of drug-likeness (QED) is 0.619. The van der Waals surface area contributed by atoms with Crippen LogP contribution in [0, 0.1) is 5.92 Å². The van der Waals surface area contributed by atoms with Crippen molar-refractivity contribution in [2.24, 2.45) is 5.92 Å². The van der Waals surface area contributed by atoms with Gasteiger partial charge in [-0.15, -0.1) is 0 Å². The highest BCUT2D eigenvalue weighted by atomic mass is 32.2. The molecule has 6 nitrogen and oxygen atoms in total. The highest BCUT2D eigenvalue weighted by molar-refractivity contribution is 7.89. The van der Waals surface area contributed by atoms with E-state index in [0.29, 0.717) is 34.7 Å². The first-order chi connectivity index (χ1) is 13.8. The number of hydrogen-bond donors (Lipinski definition) is 3. The van der Waals surface area contributed by atoms with Crippen molar-refractivity contribution in [2.75, 3.05) is 23.7 Å². The Morgan fingerprint density at radius 3 is 2.34 bits per heavy atom. The topological polar surface area (TPSA) is 81.7 Å². The van der Waals surface area contributed by atoms with Gasteiger partial charge in [-0.05, 0) is 79.9 Å². The van der Waals surface area contributed by atoms with Crippen molar-refractivity contribution < 1.29 is 13.5 Å². The van der Waals surface area contributed by atoms with Crippen LogP contribution in [0.4, 0.5) is 11.4 Å². The van der Waals surface area contributed by atoms with Crippen molar-refractivity contribution in [3.05, 3.63) is 54.1 Å². The summed E-state index contributed by atoms with van der Waals surface area (Å²) in [5, 5.41) is 16.2. The van der Waals surface area contributed by atoms with Gasteiger partial charge in [0.1, 0.15) is 0 Å². The van der Waals surface area contributed by atoms with E-state index < -0.39 is 16.1 Å². The third kappa shape index (κ3) is 5.54. The lowest BCUT2D eigenvalue weighted by Gasteiger charge is -2.29. The van der Waals surface area contributed by atoms with E-state index in [0.717, 1.165) is 24.1 Å². The van der Waals surface area contributed by atoms with E-state index in [-0.39, 0.29) is 0 Å². The third-order valence-corrected chi connectivity index (χ3v) is 7.24. The predicted octanol–water partition coefficient (Wildman–Crippen LogP) is 3.97. The number of nitrogens with zero attached hydrogens (tertiary/aromatic N) is 1. The van der Waals surface area contributed by atoms with E-state index in [4.69, 9.17) is 12.2 Å². The van der Waals surface area contributed by atoms with Crippen molar-refractivity contribution in [1.29, 1.82) is 0 Å². The molecule has 2 aromatic carbocycles. The molecule has 0 bridgehead atoms. The summed E-state index contributed by atoms with van der Waals surface area (Å²) in [6, 6.07) is 14.0. The average Bonchev–Trinajstić information content (AvgIpc) is 2.69. The largest absolute Gasteiger partial charge is 0.389 e. The zero-order valence-electron chi connectivity index (χ0n) is 16.6. The van der Waals surface area contributed by atoms with Gasteiger partial charge in [0.2, 0.25) is 10.0 Å². The molecule has 1 aliphatic rings. The second kappa shape index (κ2) is 9.21. The lowest BCUT2D eigenvalue weighted by Crippen LogP contribution is -2.37. The number of aliphatic hydroxyl groups excluding tert-OH is 1. The van der Waals surface area contributed by atoms with Crippen LogP contribution in [0.25, 0.3) is 0 Å². The van der Waals surface area contributed by atoms with Crippen LogP contribution < -0.4 is 10.6 Å². The lowest BCUT2D eigenvalue weighted by atomic mass is 10.0. The Morgan fingerprint density at radius 2 is 1.72 bits per heavy atom. The molecule has 0 radical (unpaired) electrons. The minimum absolute atomic E-state index is 0.293. The zero-order chi connectivity index (χ0) is 21.0. The second-order valence-corrected chi connectivity index (χ2v) is 9.84. The summed E-state index contributed by atoms with van der Waals surface area (Å²) in [4.78, 5) is 0.293. The molecule has 1 saturated heterocycles. The van der Waals surface area contributed by atoms with Crippen LogP contribution in [0.2, 0.25) is 0 Å². The highest BCUT2D eigenvalue weighted by Gasteiger charge is 2.27. The predicted molar refractivity (Wildman–Crippen MR) is 121 cm³/mol. The van der Waals surface area contributed by atoms with Gasteiger partial charge in [0.25, 0.3) is 0 Å². The fourth-order valence-corrected chi connectivity index (χ4v) is 4.96. The Morgan fingerprint density at radius 1 is 1.10 bits per heavy atom. The molecule has 8 heteroatoms. The molecule has 0 saturated carbocycles. The summed E-state index contributed by atoms with van der Waals surface area (Å²) < 4.78 is 27.2. The molecule has 1 heterocycles. The number of rotatable bonds is 5. The van der Waals surface area contributed by atoms with Crippen LogP contribution in [0.5, 0.6) is 0 Å². The maximum absolute atomic E-state index is 12.8. The summed E-state index contributed by atoms with van der Waals surface area (Å²) in [6.07, 6.45) is 1.24. The minimum Gasteiger partial charge on any atom is -0.389 e. The normalized spacial score (nSPS) is 16.9. The monoisotopic (exact) mass is 433 g/mol. The number of hydrogen-bond acceptors (Lipinski definition) is 4. The van der Waals surface area contributed by atoms with Gasteiger partial charge in [-0.1, -0.05) is 19.1 Å². The number of aliphatic hydroxyl groups is 1. The van der Waals surface area contributed by atoms with Gasteiger partial charge < -0.3 is 15.7 Å². The molecule has 29 heavy (non-hydrogen) atoms. The summed E-state index contributed by atoms with van der Waals surface area (Å²) >= 11 is 5.34. The molecule has 0 unspecified atom stereocenters. The number of sulfonamides is 1. The summed E-state index contributed by atoms with van der Waals surface area (Å²) in [5.41, 5.74) is 2.25. The standard InChI is InChI=1S/C21H27N3O3S2/c1-15-10-12-24(13-11-15)29(26,27)20-8-6-18(7-9-20)22-21(28)23-19-5-3-4-17(14-19)16(2)25/h3-9,14-16,25H,10-13H2,1-2H3,(H2,22,23,28)/t16-/m0/s1. The number of anilines is 2. The first kappa shape index (κ1) is 21.7. The maximum Gasteiger partial charge on any atom is 0.243 e. The van der Waals surface area contributed by atoms with Gasteiger partial charge in [-0.25, -0.2) is 8.42 Å². The van der Waals surface area contributed by atoms with Crippen molar-refractivity contribution in [2.45, 2.75) is 37.7 Å². The van der Waals surface area contributed by atoms with Crippen LogP contribution >= 0.6 is 12.2 Å². The SMILES string of the molecule is CC1CCN(S(=O)(=O)c2ccc(NC(=S)Nc3cccc([C@H](C)O)c3)cc2)CC1. The highest BCUT2D eigenvalue weighted by Crippen LogP contribution is 2.24. The van der Waals surface area contributed by atoms with Crippen LogP contribution in [0.3, 0.4) is 0 Å². The molecule has 1 atom stereocenters. The third-order valence-electron chi connectivity index (χ3n) is 5.12. The van der Waals surface area contributed by atoms with Crippen molar-refractivity contribution in [3.63, 3.8) is 0 Å². The zero-order valence-corrected chi connectivity index (χ0v) is 18.3. The Hall–Kier alpha value is -2.00. The van der Waals surface area contributed by atoms with E-state index in [1.54, 1.807) is 35.5 Å². The number of nitrogens with one attached hydrogen (secondary N) is 2. The molecule has 0 aromatic heterocycles. The number of piperidine rings is 1. The van der Waals surface area contributed by atoms with Gasteiger partial charge in [-0.2, -0.15) is 4.31 Å². The van der Waals surface area contributed by atoms with E-state index in [1.807, 2.05) is 24.3 Å². The van der Waals surface area contributed by atoms with Crippen LogP contribution in [-0.4, -0.2) is 36.0 Å². The van der Waals surface area contributed by atoms with Gasteiger partial charge in [-0.3, -0.25) is 0 Å². The van der Waals surface area contributed by atoms with Crippen LogP contribution in [0.1, 0.15) is 38.4 Å². The van der Waals surface area contributed by atoms with E-state index in [9.17, 15) is 13.5 Å². The van der Waals surface area contributed by atoms with Gasteiger partial charge in [0.05, 0.1) is 11.0 Å². The van der Waals surface area contributed by atoms with Gasteiger partial charge in [0.15, 0.2) is 5.11 Å². The maximum atomic E-state index is 12.8. The summed E-state index contributed by atoms with van der Waals surface area (Å²) in [7, 11) is -3.46. The molecular weight excluding hydrogens is 406 g/mol. The van der Waals surface area contributed by atoms with Crippen LogP contribution in [-0.2, 0) is 10.0 Å². The lowest BCUT2D eigenvalue weighted by molar-refractivity contribution is 0.199. The molecule has 156 valence electrons. The summed E-state index contributed by atoms with van der Waals surface area (Å²) in [5.74, 6) is 0.572. The van der Waals surface area contributed by atoms with Gasteiger partial charge >= 0.3 is 0 Å². The molecular formula is C21H27N3O3S2. The Bertz CT molecular complexity index is 951. The van der Waals surface area contributed by atoms with E-state index in [2.05, 4.69) is 17.6 Å². The molecule has 3 rings (SSSR count). The molecule has 0 spiro atoms.